The number of sulfonamides is 1. The van der Waals surface area contributed by atoms with Crippen molar-refractivity contribution in [3.63, 3.8) is 0 Å². The molecule has 2 aliphatic heterocycles. The van der Waals surface area contributed by atoms with Gasteiger partial charge in [-0.05, 0) is 50.1 Å². The number of ether oxygens (including phenoxy) is 2. The Morgan fingerprint density at radius 1 is 1.06 bits per heavy atom. The smallest absolute Gasteiger partial charge is 0.243 e. The number of carbonyl (C=O) groups is 1. The van der Waals surface area contributed by atoms with Crippen molar-refractivity contribution < 1.29 is 22.7 Å². The molecule has 0 bridgehead atoms. The molecule has 0 atom stereocenters. The number of rotatable bonds is 5. The number of hydrogen-bond donors (Lipinski definition) is 1. The third kappa shape index (κ3) is 4.66. The van der Waals surface area contributed by atoms with Gasteiger partial charge in [0.2, 0.25) is 15.9 Å². The number of hydrogen-bond acceptors (Lipinski definition) is 7. The molecule has 8 nitrogen and oxygen atoms in total. The van der Waals surface area contributed by atoms with Gasteiger partial charge in [0.25, 0.3) is 0 Å². The number of nitrogens with one attached hydrogen (secondary N) is 1. The zero-order valence-electron chi connectivity index (χ0n) is 18.7. The summed E-state index contributed by atoms with van der Waals surface area (Å²) >= 11 is 1.36. The second-order valence-corrected chi connectivity index (χ2v) is 11.2. The molecule has 0 unspecified atom stereocenters. The number of benzene rings is 2. The average molecular weight is 500 g/mol. The number of thiazole rings is 1. The van der Waals surface area contributed by atoms with Crippen molar-refractivity contribution in [3.8, 4) is 22.8 Å². The Labute approximate surface area is 202 Å². The van der Waals surface area contributed by atoms with E-state index in [1.54, 1.807) is 24.3 Å². The fourth-order valence-corrected chi connectivity index (χ4v) is 6.28. The van der Waals surface area contributed by atoms with Crippen LogP contribution >= 0.6 is 11.3 Å². The zero-order chi connectivity index (χ0) is 23.7. The van der Waals surface area contributed by atoms with Gasteiger partial charge in [0, 0.05) is 30.0 Å². The second kappa shape index (κ2) is 9.36. The molecule has 34 heavy (non-hydrogen) atoms. The summed E-state index contributed by atoms with van der Waals surface area (Å²) in [4.78, 5) is 17.7. The zero-order valence-corrected chi connectivity index (χ0v) is 20.3. The molecule has 178 valence electrons. The van der Waals surface area contributed by atoms with Crippen LogP contribution in [0.25, 0.3) is 11.3 Å². The van der Waals surface area contributed by atoms with Gasteiger partial charge in [-0.2, -0.15) is 4.31 Å². The SMILES string of the molecule is Cc1ccc(S(=O)(=O)N2CCC(C(=O)Nc3nc(-c4ccc5c(c4)OCCO5)cs3)CC2)cc1. The Kier molecular flexibility index (Phi) is 6.28. The monoisotopic (exact) mass is 499 g/mol. The first-order valence-corrected chi connectivity index (χ1v) is 13.5. The fraction of sp³-hybridized carbons (Fsp3) is 0.333. The summed E-state index contributed by atoms with van der Waals surface area (Å²) in [6.07, 6.45) is 0.939. The number of nitrogens with zero attached hydrogens (tertiary/aromatic N) is 2. The second-order valence-electron chi connectivity index (χ2n) is 8.38. The largest absolute Gasteiger partial charge is 0.486 e. The number of carbonyl (C=O) groups excluding carboxylic acids is 1. The minimum absolute atomic E-state index is 0.129. The number of aryl methyl sites for hydroxylation is 1. The summed E-state index contributed by atoms with van der Waals surface area (Å²) in [6.45, 7) is 3.60. The number of aromatic nitrogens is 1. The van der Waals surface area contributed by atoms with E-state index in [9.17, 15) is 13.2 Å². The molecule has 1 N–H and O–H groups in total. The number of piperidine rings is 1. The van der Waals surface area contributed by atoms with Crippen LogP contribution < -0.4 is 14.8 Å². The molecule has 1 saturated heterocycles. The molecule has 5 rings (SSSR count). The third-order valence-electron chi connectivity index (χ3n) is 6.06. The molecule has 0 spiro atoms. The van der Waals surface area contributed by atoms with Crippen molar-refractivity contribution in [3.05, 3.63) is 53.4 Å². The maximum absolute atomic E-state index is 12.9. The lowest BCUT2D eigenvalue weighted by Gasteiger charge is -2.30. The minimum Gasteiger partial charge on any atom is -0.486 e. The lowest BCUT2D eigenvalue weighted by Crippen LogP contribution is -2.41. The molecule has 0 saturated carbocycles. The van der Waals surface area contributed by atoms with Crippen molar-refractivity contribution in [1.82, 2.24) is 9.29 Å². The summed E-state index contributed by atoms with van der Waals surface area (Å²) in [5, 5.41) is 5.30. The third-order valence-corrected chi connectivity index (χ3v) is 8.73. The molecule has 2 aliphatic rings. The molecule has 1 fully saturated rings. The van der Waals surface area contributed by atoms with Crippen LogP contribution in [0.1, 0.15) is 18.4 Å². The summed E-state index contributed by atoms with van der Waals surface area (Å²) in [6, 6.07) is 12.5. The molecule has 2 aromatic carbocycles. The summed E-state index contributed by atoms with van der Waals surface area (Å²) in [7, 11) is -3.55. The molecule has 1 amide bonds. The lowest BCUT2D eigenvalue weighted by molar-refractivity contribution is -0.120. The van der Waals surface area contributed by atoms with E-state index in [-0.39, 0.29) is 16.7 Å². The maximum Gasteiger partial charge on any atom is 0.243 e. The van der Waals surface area contributed by atoms with Crippen molar-refractivity contribution in [2.24, 2.45) is 5.92 Å². The molecule has 3 aromatic rings. The van der Waals surface area contributed by atoms with Gasteiger partial charge in [-0.15, -0.1) is 11.3 Å². The molecule has 3 heterocycles. The Balaban J connectivity index is 1.19. The molecule has 1 aromatic heterocycles. The van der Waals surface area contributed by atoms with Gasteiger partial charge in [0.05, 0.1) is 10.6 Å². The van der Waals surface area contributed by atoms with Gasteiger partial charge < -0.3 is 14.8 Å². The minimum atomic E-state index is -3.55. The van der Waals surface area contributed by atoms with Crippen LogP contribution in [0, 0.1) is 12.8 Å². The Bertz CT molecular complexity index is 1300. The summed E-state index contributed by atoms with van der Waals surface area (Å²) < 4.78 is 38.4. The Morgan fingerprint density at radius 3 is 2.50 bits per heavy atom. The first-order chi connectivity index (χ1) is 16.4. The van der Waals surface area contributed by atoms with E-state index in [1.807, 2.05) is 30.5 Å². The highest BCUT2D eigenvalue weighted by Gasteiger charge is 2.32. The Hall–Kier alpha value is -2.95. The van der Waals surface area contributed by atoms with Gasteiger partial charge in [0.15, 0.2) is 16.6 Å². The summed E-state index contributed by atoms with van der Waals surface area (Å²) in [5.41, 5.74) is 2.64. The van der Waals surface area contributed by atoms with E-state index in [1.165, 1.54) is 15.6 Å². The number of fused-ring (bicyclic) bond motifs is 1. The van der Waals surface area contributed by atoms with E-state index in [4.69, 9.17) is 9.47 Å². The topological polar surface area (TPSA) is 97.8 Å². The van der Waals surface area contributed by atoms with Gasteiger partial charge in [-0.1, -0.05) is 17.7 Å². The van der Waals surface area contributed by atoms with Crippen molar-refractivity contribution in [2.45, 2.75) is 24.7 Å². The van der Waals surface area contributed by atoms with E-state index in [0.29, 0.717) is 50.0 Å². The maximum atomic E-state index is 12.9. The van der Waals surface area contributed by atoms with Crippen LogP contribution in [0.5, 0.6) is 11.5 Å². The van der Waals surface area contributed by atoms with E-state index in [2.05, 4.69) is 10.3 Å². The van der Waals surface area contributed by atoms with Crippen LogP contribution in [0.15, 0.2) is 52.7 Å². The van der Waals surface area contributed by atoms with Gasteiger partial charge in [-0.25, -0.2) is 13.4 Å². The summed E-state index contributed by atoms with van der Waals surface area (Å²) in [5.74, 6) is 1.02. The van der Waals surface area contributed by atoms with Crippen LogP contribution in [0.2, 0.25) is 0 Å². The van der Waals surface area contributed by atoms with E-state index >= 15 is 0 Å². The number of amides is 1. The normalized spacial score (nSPS) is 16.9. The van der Waals surface area contributed by atoms with Crippen LogP contribution in [-0.2, 0) is 14.8 Å². The van der Waals surface area contributed by atoms with Crippen molar-refractivity contribution >= 4 is 32.4 Å². The quantitative estimate of drug-likeness (QED) is 0.571. The van der Waals surface area contributed by atoms with Crippen molar-refractivity contribution in [1.29, 1.82) is 0 Å². The average Bonchev–Trinajstić information content (AvgIpc) is 3.32. The van der Waals surface area contributed by atoms with Crippen LogP contribution in [0.4, 0.5) is 5.13 Å². The highest BCUT2D eigenvalue weighted by Crippen LogP contribution is 2.35. The predicted molar refractivity (Wildman–Crippen MR) is 130 cm³/mol. The van der Waals surface area contributed by atoms with Gasteiger partial charge in [0.1, 0.15) is 13.2 Å². The highest BCUT2D eigenvalue weighted by atomic mass is 32.2. The molecule has 10 heteroatoms. The molecular weight excluding hydrogens is 474 g/mol. The van der Waals surface area contributed by atoms with E-state index < -0.39 is 10.0 Å². The van der Waals surface area contributed by atoms with Gasteiger partial charge >= 0.3 is 0 Å². The standard InChI is InChI=1S/C24H25N3O5S2/c1-16-2-5-19(6-3-16)34(29,30)27-10-8-17(9-11-27)23(28)26-24-25-20(15-33-24)18-4-7-21-22(14-18)32-13-12-31-21/h2-7,14-15,17H,8-13H2,1H3,(H,25,26,28). The van der Waals surface area contributed by atoms with Crippen LogP contribution in [0.3, 0.4) is 0 Å². The first-order valence-electron chi connectivity index (χ1n) is 11.1. The Morgan fingerprint density at radius 2 is 1.76 bits per heavy atom. The fourth-order valence-electron chi connectivity index (χ4n) is 4.09. The number of anilines is 1. The molecular formula is C24H25N3O5S2. The highest BCUT2D eigenvalue weighted by molar-refractivity contribution is 7.89. The predicted octanol–water partition coefficient (Wildman–Crippen LogP) is 3.93. The van der Waals surface area contributed by atoms with Crippen molar-refractivity contribution in [2.75, 3.05) is 31.6 Å². The lowest BCUT2D eigenvalue weighted by atomic mass is 9.97. The van der Waals surface area contributed by atoms with E-state index in [0.717, 1.165) is 22.6 Å². The molecule has 0 radical (unpaired) electrons. The van der Waals surface area contributed by atoms with Crippen LogP contribution in [-0.4, -0.2) is 49.9 Å². The van der Waals surface area contributed by atoms with Gasteiger partial charge in [-0.3, -0.25) is 4.79 Å². The molecule has 0 aliphatic carbocycles. The first kappa shape index (κ1) is 22.8.